The number of benzene rings is 1. The number of hydrogen-bond donors (Lipinski definition) is 2. The molecule has 2 heterocycles. The summed E-state index contributed by atoms with van der Waals surface area (Å²) in [5, 5.41) is 6.41. The molecule has 120 valence electrons. The number of hydrogen-bond acceptors (Lipinski definition) is 4. The zero-order chi connectivity index (χ0) is 16.4. The lowest BCUT2D eigenvalue weighted by Crippen LogP contribution is -2.31. The second-order valence-corrected chi connectivity index (χ2v) is 5.80. The first kappa shape index (κ1) is 15.4. The maximum Gasteiger partial charge on any atom is 0.291 e. The number of likely N-dealkylation sites (N-methyl/N-ethyl adjacent to an activating group) is 1. The van der Waals surface area contributed by atoms with Crippen LogP contribution in [0.2, 0.25) is 5.02 Å². The smallest absolute Gasteiger partial charge is 0.291 e. The van der Waals surface area contributed by atoms with Gasteiger partial charge in [-0.1, -0.05) is 11.6 Å². The first-order valence-electron chi connectivity index (χ1n) is 7.20. The molecule has 3 rings (SSSR count). The van der Waals surface area contributed by atoms with Gasteiger partial charge in [-0.05, 0) is 36.8 Å². The number of furan rings is 1. The third-order valence-corrected chi connectivity index (χ3v) is 3.97. The van der Waals surface area contributed by atoms with Crippen molar-refractivity contribution in [2.45, 2.75) is 12.5 Å². The van der Waals surface area contributed by atoms with Gasteiger partial charge in [0.1, 0.15) is 6.04 Å². The second kappa shape index (κ2) is 6.34. The number of nitrogens with zero attached hydrogens (tertiary/aromatic N) is 1. The Hall–Kier alpha value is -2.47. The zero-order valence-electron chi connectivity index (χ0n) is 12.5. The summed E-state index contributed by atoms with van der Waals surface area (Å²) in [6.07, 6.45) is 2.14. The zero-order valence-corrected chi connectivity index (χ0v) is 13.3. The van der Waals surface area contributed by atoms with Crippen molar-refractivity contribution in [1.82, 2.24) is 4.90 Å². The van der Waals surface area contributed by atoms with Crippen LogP contribution in [-0.2, 0) is 4.79 Å². The molecule has 1 aromatic heterocycles. The Morgan fingerprint density at radius 2 is 2.17 bits per heavy atom. The Balaban J connectivity index is 1.80. The fraction of sp³-hybridized carbons (Fsp3) is 0.250. The van der Waals surface area contributed by atoms with Gasteiger partial charge in [-0.15, -0.1) is 0 Å². The number of carbonyl (C=O) groups excluding carboxylic acids is 2. The van der Waals surface area contributed by atoms with Gasteiger partial charge in [-0.2, -0.15) is 0 Å². The van der Waals surface area contributed by atoms with Crippen molar-refractivity contribution < 1.29 is 14.0 Å². The fourth-order valence-corrected chi connectivity index (χ4v) is 2.65. The quantitative estimate of drug-likeness (QED) is 0.902. The molecule has 0 saturated carbocycles. The van der Waals surface area contributed by atoms with Gasteiger partial charge in [0.2, 0.25) is 5.91 Å². The molecule has 0 bridgehead atoms. The number of halogens is 1. The molecule has 2 amide bonds. The van der Waals surface area contributed by atoms with Crippen LogP contribution in [0.25, 0.3) is 0 Å². The van der Waals surface area contributed by atoms with Crippen LogP contribution in [0.1, 0.15) is 17.0 Å². The lowest BCUT2D eigenvalue weighted by Gasteiger charge is -2.17. The van der Waals surface area contributed by atoms with E-state index in [0.717, 1.165) is 0 Å². The van der Waals surface area contributed by atoms with Crippen LogP contribution in [0.15, 0.2) is 41.0 Å². The highest BCUT2D eigenvalue weighted by molar-refractivity contribution is 6.31. The minimum absolute atomic E-state index is 0.0308. The molecular weight excluding hydrogens is 318 g/mol. The van der Waals surface area contributed by atoms with E-state index in [1.807, 2.05) is 0 Å². The van der Waals surface area contributed by atoms with E-state index >= 15 is 0 Å². The molecule has 0 aliphatic carbocycles. The normalized spacial score (nSPS) is 17.4. The van der Waals surface area contributed by atoms with Gasteiger partial charge in [0.25, 0.3) is 5.91 Å². The molecule has 7 heteroatoms. The fourth-order valence-electron chi connectivity index (χ4n) is 2.48. The molecule has 1 fully saturated rings. The van der Waals surface area contributed by atoms with E-state index in [4.69, 9.17) is 16.0 Å². The van der Waals surface area contributed by atoms with E-state index in [0.29, 0.717) is 29.4 Å². The molecule has 23 heavy (non-hydrogen) atoms. The number of amides is 2. The molecule has 2 N–H and O–H groups in total. The van der Waals surface area contributed by atoms with Crippen LogP contribution >= 0.6 is 11.6 Å². The summed E-state index contributed by atoms with van der Waals surface area (Å²) in [6, 6.07) is 7.98. The predicted molar refractivity (Wildman–Crippen MR) is 87.8 cm³/mol. The summed E-state index contributed by atoms with van der Waals surface area (Å²) in [5.41, 5.74) is 1.14. The molecule has 1 aliphatic rings. The molecule has 1 aliphatic heterocycles. The number of rotatable bonds is 4. The van der Waals surface area contributed by atoms with Gasteiger partial charge in [-0.25, -0.2) is 0 Å². The van der Waals surface area contributed by atoms with Crippen molar-refractivity contribution in [2.24, 2.45) is 0 Å². The summed E-state index contributed by atoms with van der Waals surface area (Å²) in [4.78, 5) is 25.8. The third kappa shape index (κ3) is 3.32. The molecule has 0 radical (unpaired) electrons. The molecule has 0 unspecified atom stereocenters. The standard InChI is InChI=1S/C16H16ClN3O3/c1-20-7-6-12(16(20)22)18-11-5-4-10(17)9-13(11)19-15(21)14-3-2-8-23-14/h2-5,8-9,12,18H,6-7H2,1H3,(H,19,21)/t12-/m1/s1. The van der Waals surface area contributed by atoms with Crippen molar-refractivity contribution in [1.29, 1.82) is 0 Å². The summed E-state index contributed by atoms with van der Waals surface area (Å²) >= 11 is 6.02. The predicted octanol–water partition coefficient (Wildman–Crippen LogP) is 2.83. The number of carbonyl (C=O) groups is 2. The van der Waals surface area contributed by atoms with Gasteiger partial charge in [0.15, 0.2) is 5.76 Å². The maximum absolute atomic E-state index is 12.1. The minimum Gasteiger partial charge on any atom is -0.459 e. The van der Waals surface area contributed by atoms with Crippen LogP contribution in [0, 0.1) is 0 Å². The topological polar surface area (TPSA) is 74.6 Å². The van der Waals surface area contributed by atoms with Crippen molar-refractivity contribution >= 4 is 34.8 Å². The molecule has 0 spiro atoms. The Bertz CT molecular complexity index is 730. The van der Waals surface area contributed by atoms with Gasteiger partial charge in [0, 0.05) is 18.6 Å². The van der Waals surface area contributed by atoms with E-state index < -0.39 is 0 Å². The van der Waals surface area contributed by atoms with Crippen molar-refractivity contribution in [3.63, 3.8) is 0 Å². The summed E-state index contributed by atoms with van der Waals surface area (Å²) in [7, 11) is 1.77. The maximum atomic E-state index is 12.1. The molecular formula is C16H16ClN3O3. The average molecular weight is 334 g/mol. The number of likely N-dealkylation sites (tertiary alicyclic amines) is 1. The van der Waals surface area contributed by atoms with E-state index in [2.05, 4.69) is 10.6 Å². The summed E-state index contributed by atoms with van der Waals surface area (Å²) in [5.74, 6) is -0.147. The van der Waals surface area contributed by atoms with Crippen molar-refractivity contribution in [3.8, 4) is 0 Å². The van der Waals surface area contributed by atoms with E-state index in [1.54, 1.807) is 42.3 Å². The van der Waals surface area contributed by atoms with Crippen molar-refractivity contribution in [3.05, 3.63) is 47.4 Å². The Morgan fingerprint density at radius 1 is 1.35 bits per heavy atom. The van der Waals surface area contributed by atoms with E-state index in [9.17, 15) is 9.59 Å². The molecule has 1 atom stereocenters. The largest absolute Gasteiger partial charge is 0.459 e. The van der Waals surface area contributed by atoms with E-state index in [-0.39, 0.29) is 23.6 Å². The summed E-state index contributed by atoms with van der Waals surface area (Å²) in [6.45, 7) is 0.707. The van der Waals surface area contributed by atoms with Crippen LogP contribution in [-0.4, -0.2) is 36.3 Å². The van der Waals surface area contributed by atoms with Crippen LogP contribution in [0.3, 0.4) is 0 Å². The highest BCUT2D eigenvalue weighted by Gasteiger charge is 2.29. The minimum atomic E-state index is -0.379. The Kier molecular flexibility index (Phi) is 4.25. The number of nitrogens with one attached hydrogen (secondary N) is 2. The van der Waals surface area contributed by atoms with Crippen LogP contribution in [0.4, 0.5) is 11.4 Å². The Morgan fingerprint density at radius 3 is 2.83 bits per heavy atom. The lowest BCUT2D eigenvalue weighted by atomic mass is 10.2. The van der Waals surface area contributed by atoms with Gasteiger partial charge >= 0.3 is 0 Å². The Labute approximate surface area is 138 Å². The molecule has 1 saturated heterocycles. The average Bonchev–Trinajstić information content (AvgIpc) is 3.15. The monoisotopic (exact) mass is 333 g/mol. The van der Waals surface area contributed by atoms with Gasteiger partial charge in [-0.3, -0.25) is 9.59 Å². The molecule has 2 aromatic rings. The van der Waals surface area contributed by atoms with Crippen LogP contribution in [0.5, 0.6) is 0 Å². The first-order valence-corrected chi connectivity index (χ1v) is 7.58. The highest BCUT2D eigenvalue weighted by Crippen LogP contribution is 2.28. The van der Waals surface area contributed by atoms with Crippen LogP contribution < -0.4 is 10.6 Å². The lowest BCUT2D eigenvalue weighted by molar-refractivity contribution is -0.127. The third-order valence-electron chi connectivity index (χ3n) is 3.73. The highest BCUT2D eigenvalue weighted by atomic mass is 35.5. The summed E-state index contributed by atoms with van der Waals surface area (Å²) < 4.78 is 5.08. The molecule has 6 nitrogen and oxygen atoms in total. The second-order valence-electron chi connectivity index (χ2n) is 5.37. The van der Waals surface area contributed by atoms with E-state index in [1.165, 1.54) is 6.26 Å². The molecule has 1 aromatic carbocycles. The van der Waals surface area contributed by atoms with Crippen molar-refractivity contribution in [2.75, 3.05) is 24.2 Å². The SMILES string of the molecule is CN1CC[C@@H](Nc2ccc(Cl)cc2NC(=O)c2ccco2)C1=O. The number of anilines is 2. The van der Waals surface area contributed by atoms with Gasteiger partial charge in [0.05, 0.1) is 17.6 Å². The van der Waals surface area contributed by atoms with Gasteiger partial charge < -0.3 is 20.0 Å². The first-order chi connectivity index (χ1) is 11.0.